The van der Waals surface area contributed by atoms with E-state index in [0.717, 1.165) is 22.0 Å². The van der Waals surface area contributed by atoms with Gasteiger partial charge in [0, 0.05) is 17.0 Å². The number of benzene rings is 3. The number of carbonyl (C=O) groups is 1. The van der Waals surface area contributed by atoms with Gasteiger partial charge in [-0.25, -0.2) is 0 Å². The lowest BCUT2D eigenvalue weighted by atomic mass is 10.1. The molecule has 0 saturated carbocycles. The third kappa shape index (κ3) is 4.25. The molecule has 0 aliphatic heterocycles. The van der Waals surface area contributed by atoms with Gasteiger partial charge in [-0.05, 0) is 41.8 Å². The minimum atomic E-state index is -0.230. The molecule has 4 rings (SSSR count). The van der Waals surface area contributed by atoms with Crippen molar-refractivity contribution in [2.24, 2.45) is 0 Å². The van der Waals surface area contributed by atoms with Crippen molar-refractivity contribution in [2.45, 2.75) is 13.0 Å². The van der Waals surface area contributed by atoms with Crippen LogP contribution in [0.4, 0.5) is 0 Å². The van der Waals surface area contributed by atoms with Crippen LogP contribution >= 0.6 is 11.6 Å². The number of phenols is 1. The summed E-state index contributed by atoms with van der Waals surface area (Å²) < 4.78 is 1.83. The zero-order valence-corrected chi connectivity index (χ0v) is 16.4. The van der Waals surface area contributed by atoms with Gasteiger partial charge in [-0.3, -0.25) is 9.48 Å². The number of aromatic hydroxyl groups is 1. The predicted octanol–water partition coefficient (Wildman–Crippen LogP) is 4.42. The number of aromatic nitrogens is 2. The van der Waals surface area contributed by atoms with Crippen LogP contribution in [0.1, 0.15) is 21.6 Å². The maximum absolute atomic E-state index is 12.8. The SMILES string of the molecule is O=C(NCCc1ccccc1O)c1nn(Cc2ccc(Cl)cc2)c2ccccc12. The molecule has 0 unspecified atom stereocenters. The fourth-order valence-electron chi connectivity index (χ4n) is 3.30. The third-order valence-corrected chi connectivity index (χ3v) is 5.04. The summed E-state index contributed by atoms with van der Waals surface area (Å²) in [6, 6.07) is 22.4. The van der Waals surface area contributed by atoms with Crippen LogP contribution in [0.3, 0.4) is 0 Å². The summed E-state index contributed by atoms with van der Waals surface area (Å²) in [6.45, 7) is 0.956. The first-order valence-electron chi connectivity index (χ1n) is 9.37. The van der Waals surface area contributed by atoms with Crippen LogP contribution in [0.25, 0.3) is 10.9 Å². The van der Waals surface area contributed by atoms with E-state index in [1.54, 1.807) is 12.1 Å². The molecule has 0 spiro atoms. The molecule has 0 atom stereocenters. The van der Waals surface area contributed by atoms with Gasteiger partial charge in [0.2, 0.25) is 0 Å². The van der Waals surface area contributed by atoms with Crippen LogP contribution in [-0.2, 0) is 13.0 Å². The maximum atomic E-state index is 12.8. The number of rotatable bonds is 6. The molecule has 0 radical (unpaired) electrons. The Labute approximate surface area is 173 Å². The van der Waals surface area contributed by atoms with Gasteiger partial charge in [-0.1, -0.05) is 60.1 Å². The first kappa shape index (κ1) is 19.0. The van der Waals surface area contributed by atoms with E-state index in [0.29, 0.717) is 30.2 Å². The molecule has 1 heterocycles. The molecule has 1 amide bonds. The molecule has 6 heteroatoms. The van der Waals surface area contributed by atoms with Crippen LogP contribution in [0, 0.1) is 0 Å². The first-order valence-corrected chi connectivity index (χ1v) is 9.74. The third-order valence-electron chi connectivity index (χ3n) is 4.79. The van der Waals surface area contributed by atoms with Crippen LogP contribution in [0.5, 0.6) is 5.75 Å². The Morgan fingerprint density at radius 1 is 1.00 bits per heavy atom. The van der Waals surface area contributed by atoms with Gasteiger partial charge in [-0.2, -0.15) is 5.10 Å². The molecule has 4 aromatic rings. The Balaban J connectivity index is 1.53. The number of fused-ring (bicyclic) bond motifs is 1. The average Bonchev–Trinajstić information content (AvgIpc) is 3.10. The number of halogens is 1. The highest BCUT2D eigenvalue weighted by Gasteiger charge is 2.17. The topological polar surface area (TPSA) is 67.2 Å². The number of amides is 1. The molecule has 2 N–H and O–H groups in total. The number of hydrogen-bond acceptors (Lipinski definition) is 3. The van der Waals surface area contributed by atoms with Crippen molar-refractivity contribution in [3.63, 3.8) is 0 Å². The second-order valence-electron chi connectivity index (χ2n) is 6.78. The quantitative estimate of drug-likeness (QED) is 0.499. The van der Waals surface area contributed by atoms with E-state index in [-0.39, 0.29) is 11.7 Å². The Kier molecular flexibility index (Phi) is 5.49. The normalized spacial score (nSPS) is 10.9. The van der Waals surface area contributed by atoms with E-state index in [1.807, 2.05) is 65.3 Å². The average molecular weight is 406 g/mol. The second kappa shape index (κ2) is 8.37. The fourth-order valence-corrected chi connectivity index (χ4v) is 3.42. The summed E-state index contributed by atoms with van der Waals surface area (Å²) in [5.41, 5.74) is 3.14. The summed E-state index contributed by atoms with van der Waals surface area (Å²) in [7, 11) is 0. The summed E-state index contributed by atoms with van der Waals surface area (Å²) >= 11 is 5.97. The minimum absolute atomic E-state index is 0.230. The van der Waals surface area contributed by atoms with Gasteiger partial charge >= 0.3 is 0 Å². The molecule has 146 valence electrons. The first-order chi connectivity index (χ1) is 14.1. The van der Waals surface area contributed by atoms with Crippen molar-refractivity contribution in [3.05, 3.63) is 94.6 Å². The van der Waals surface area contributed by atoms with E-state index in [1.165, 1.54) is 0 Å². The number of para-hydroxylation sites is 2. The molecule has 3 aromatic carbocycles. The summed E-state index contributed by atoms with van der Waals surface area (Å²) in [5.74, 6) is 0.00548. The molecule has 0 fully saturated rings. The maximum Gasteiger partial charge on any atom is 0.272 e. The summed E-state index contributed by atoms with van der Waals surface area (Å²) in [5, 5.41) is 18.8. The van der Waals surface area contributed by atoms with Crippen molar-refractivity contribution in [2.75, 3.05) is 6.54 Å². The highest BCUT2D eigenvalue weighted by atomic mass is 35.5. The number of hydrogen-bond donors (Lipinski definition) is 2. The van der Waals surface area contributed by atoms with E-state index >= 15 is 0 Å². The van der Waals surface area contributed by atoms with E-state index < -0.39 is 0 Å². The zero-order chi connectivity index (χ0) is 20.2. The fraction of sp³-hybridized carbons (Fsp3) is 0.130. The summed E-state index contributed by atoms with van der Waals surface area (Å²) in [6.07, 6.45) is 0.543. The van der Waals surface area contributed by atoms with Gasteiger partial charge in [0.1, 0.15) is 5.75 Å². The van der Waals surface area contributed by atoms with Crippen molar-refractivity contribution in [1.29, 1.82) is 0 Å². The standard InChI is InChI=1S/C23H20ClN3O2/c24-18-11-9-16(10-12-18)15-27-20-7-3-2-6-19(20)22(26-27)23(29)25-14-13-17-5-1-4-8-21(17)28/h1-12,28H,13-15H2,(H,25,29). The highest BCUT2D eigenvalue weighted by molar-refractivity contribution is 6.30. The molecule has 0 bridgehead atoms. The Hall–Kier alpha value is -3.31. The minimum Gasteiger partial charge on any atom is -0.508 e. The van der Waals surface area contributed by atoms with Crippen molar-refractivity contribution in [3.8, 4) is 5.75 Å². The van der Waals surface area contributed by atoms with Gasteiger partial charge in [0.25, 0.3) is 5.91 Å². The Morgan fingerprint density at radius 2 is 1.72 bits per heavy atom. The van der Waals surface area contributed by atoms with E-state index in [9.17, 15) is 9.90 Å². The predicted molar refractivity (Wildman–Crippen MR) is 114 cm³/mol. The molecule has 0 aliphatic carbocycles. The highest BCUT2D eigenvalue weighted by Crippen LogP contribution is 2.21. The van der Waals surface area contributed by atoms with E-state index in [4.69, 9.17) is 11.6 Å². The molecule has 0 saturated heterocycles. The smallest absolute Gasteiger partial charge is 0.272 e. The van der Waals surface area contributed by atoms with Crippen LogP contribution in [0.2, 0.25) is 5.02 Å². The largest absolute Gasteiger partial charge is 0.508 e. The number of phenolic OH excluding ortho intramolecular Hbond substituents is 1. The summed E-state index contributed by atoms with van der Waals surface area (Å²) in [4.78, 5) is 12.8. The Bertz CT molecular complexity index is 1150. The molecule has 1 aromatic heterocycles. The van der Waals surface area contributed by atoms with Crippen molar-refractivity contribution in [1.82, 2.24) is 15.1 Å². The van der Waals surface area contributed by atoms with Crippen LogP contribution < -0.4 is 5.32 Å². The van der Waals surface area contributed by atoms with Gasteiger partial charge in [0.05, 0.1) is 12.1 Å². The second-order valence-corrected chi connectivity index (χ2v) is 7.22. The molecule has 0 aliphatic rings. The van der Waals surface area contributed by atoms with Gasteiger partial charge in [0.15, 0.2) is 5.69 Å². The lowest BCUT2D eigenvalue weighted by Crippen LogP contribution is -2.26. The van der Waals surface area contributed by atoms with Crippen LogP contribution in [-0.4, -0.2) is 27.3 Å². The molecular weight excluding hydrogens is 386 g/mol. The van der Waals surface area contributed by atoms with Gasteiger partial charge < -0.3 is 10.4 Å². The molecule has 5 nitrogen and oxygen atoms in total. The zero-order valence-electron chi connectivity index (χ0n) is 15.7. The number of nitrogens with zero attached hydrogens (tertiary/aromatic N) is 2. The van der Waals surface area contributed by atoms with Gasteiger partial charge in [-0.15, -0.1) is 0 Å². The van der Waals surface area contributed by atoms with E-state index in [2.05, 4.69) is 10.4 Å². The molecular formula is C23H20ClN3O2. The number of carbonyl (C=O) groups excluding carboxylic acids is 1. The van der Waals surface area contributed by atoms with Crippen molar-refractivity contribution < 1.29 is 9.90 Å². The lowest BCUT2D eigenvalue weighted by molar-refractivity contribution is 0.0950. The number of nitrogens with one attached hydrogen (secondary N) is 1. The molecule has 29 heavy (non-hydrogen) atoms. The Morgan fingerprint density at radius 3 is 2.52 bits per heavy atom. The van der Waals surface area contributed by atoms with Crippen molar-refractivity contribution >= 4 is 28.4 Å². The monoisotopic (exact) mass is 405 g/mol. The lowest BCUT2D eigenvalue weighted by Gasteiger charge is -2.06. The van der Waals surface area contributed by atoms with Crippen LogP contribution in [0.15, 0.2) is 72.8 Å².